The molecule has 0 amide bonds. The van der Waals surface area contributed by atoms with Crippen molar-refractivity contribution in [1.29, 1.82) is 0 Å². The van der Waals surface area contributed by atoms with Crippen molar-refractivity contribution in [3.8, 4) is 0 Å². The molecule has 17 heavy (non-hydrogen) atoms. The second kappa shape index (κ2) is 5.36. The van der Waals surface area contributed by atoms with Gasteiger partial charge in [-0.15, -0.1) is 0 Å². The maximum atomic E-state index is 9.86. The lowest BCUT2D eigenvalue weighted by atomic mass is 10.1. The van der Waals surface area contributed by atoms with Crippen molar-refractivity contribution in [2.45, 2.75) is 70.2 Å². The standard InChI is InChI=1S/C12H26O4Si/c1-12(2,3)17(4,5)16-10-7-6-9(8-13)15-11(10)14/h9-11,13-14H,6-8H2,1-5H3. The van der Waals surface area contributed by atoms with Crippen LogP contribution in [0.1, 0.15) is 33.6 Å². The summed E-state index contributed by atoms with van der Waals surface area (Å²) in [4.78, 5) is 0. The third-order valence-corrected chi connectivity index (χ3v) is 8.38. The van der Waals surface area contributed by atoms with Gasteiger partial charge in [0.1, 0.15) is 0 Å². The van der Waals surface area contributed by atoms with Crippen molar-refractivity contribution in [2.75, 3.05) is 6.61 Å². The Bertz CT molecular complexity index is 249. The normalized spacial score (nSPS) is 31.6. The maximum absolute atomic E-state index is 9.86. The molecule has 3 atom stereocenters. The third kappa shape index (κ3) is 3.76. The van der Waals surface area contributed by atoms with Crippen LogP contribution in [0.3, 0.4) is 0 Å². The topological polar surface area (TPSA) is 58.9 Å². The van der Waals surface area contributed by atoms with Gasteiger partial charge < -0.3 is 19.4 Å². The van der Waals surface area contributed by atoms with Crippen molar-refractivity contribution in [3.05, 3.63) is 0 Å². The SMILES string of the molecule is CC(C)(C)[Si](C)(C)OC1CCC(CO)OC1O. The highest BCUT2D eigenvalue weighted by Gasteiger charge is 2.42. The maximum Gasteiger partial charge on any atom is 0.192 e. The Labute approximate surface area is 105 Å². The molecule has 1 heterocycles. The molecule has 4 nitrogen and oxygen atoms in total. The molecular formula is C12H26O4Si. The second-order valence-electron chi connectivity index (χ2n) is 6.33. The van der Waals surface area contributed by atoms with E-state index in [9.17, 15) is 5.11 Å². The van der Waals surface area contributed by atoms with Crippen molar-refractivity contribution in [3.63, 3.8) is 0 Å². The molecule has 0 aliphatic carbocycles. The first kappa shape index (κ1) is 15.1. The number of ether oxygens (including phenoxy) is 1. The van der Waals surface area contributed by atoms with Gasteiger partial charge in [-0.25, -0.2) is 0 Å². The molecular weight excluding hydrogens is 236 g/mol. The van der Waals surface area contributed by atoms with E-state index in [2.05, 4.69) is 33.9 Å². The van der Waals surface area contributed by atoms with E-state index in [4.69, 9.17) is 14.3 Å². The number of hydrogen-bond acceptors (Lipinski definition) is 4. The van der Waals surface area contributed by atoms with E-state index in [0.717, 1.165) is 12.8 Å². The van der Waals surface area contributed by atoms with Crippen LogP contribution in [0.25, 0.3) is 0 Å². The predicted octanol–water partition coefficient (Wildman–Crippen LogP) is 1.87. The van der Waals surface area contributed by atoms with E-state index in [0.29, 0.717) is 0 Å². The van der Waals surface area contributed by atoms with Crippen LogP contribution < -0.4 is 0 Å². The zero-order valence-electron chi connectivity index (χ0n) is 11.6. The van der Waals surface area contributed by atoms with Gasteiger partial charge in [-0.2, -0.15) is 0 Å². The summed E-state index contributed by atoms with van der Waals surface area (Å²) in [6, 6.07) is 0. The first-order valence-electron chi connectivity index (χ1n) is 6.29. The number of aliphatic hydroxyl groups is 2. The quantitative estimate of drug-likeness (QED) is 0.762. The molecule has 0 bridgehead atoms. The molecule has 0 saturated carbocycles. The molecule has 1 rings (SSSR count). The summed E-state index contributed by atoms with van der Waals surface area (Å²) in [5.74, 6) is 0. The average Bonchev–Trinajstić information content (AvgIpc) is 2.19. The molecule has 5 heteroatoms. The second-order valence-corrected chi connectivity index (χ2v) is 11.1. The van der Waals surface area contributed by atoms with Crippen LogP contribution in [0, 0.1) is 0 Å². The van der Waals surface area contributed by atoms with Gasteiger partial charge in [0, 0.05) is 0 Å². The van der Waals surface area contributed by atoms with Crippen LogP contribution >= 0.6 is 0 Å². The van der Waals surface area contributed by atoms with E-state index in [1.54, 1.807) is 0 Å². The summed E-state index contributed by atoms with van der Waals surface area (Å²) in [5.41, 5.74) is 0. The third-order valence-electron chi connectivity index (χ3n) is 3.88. The molecule has 2 N–H and O–H groups in total. The summed E-state index contributed by atoms with van der Waals surface area (Å²) >= 11 is 0. The van der Waals surface area contributed by atoms with E-state index in [-0.39, 0.29) is 23.9 Å². The highest BCUT2D eigenvalue weighted by molar-refractivity contribution is 6.74. The summed E-state index contributed by atoms with van der Waals surface area (Å²) < 4.78 is 11.4. The lowest BCUT2D eigenvalue weighted by Gasteiger charge is -2.42. The first-order chi connectivity index (χ1) is 7.67. The summed E-state index contributed by atoms with van der Waals surface area (Å²) in [5, 5.41) is 19.0. The van der Waals surface area contributed by atoms with E-state index in [1.807, 2.05) is 0 Å². The van der Waals surface area contributed by atoms with Gasteiger partial charge in [-0.1, -0.05) is 20.8 Å². The van der Waals surface area contributed by atoms with E-state index in [1.165, 1.54) is 0 Å². The van der Waals surface area contributed by atoms with E-state index < -0.39 is 14.6 Å². The molecule has 1 saturated heterocycles. The first-order valence-corrected chi connectivity index (χ1v) is 9.20. The van der Waals surface area contributed by atoms with Gasteiger partial charge >= 0.3 is 0 Å². The predicted molar refractivity (Wildman–Crippen MR) is 69.3 cm³/mol. The molecule has 0 aromatic rings. The van der Waals surface area contributed by atoms with Gasteiger partial charge in [-0.3, -0.25) is 0 Å². The van der Waals surface area contributed by atoms with Crippen LogP contribution in [0.4, 0.5) is 0 Å². The van der Waals surface area contributed by atoms with Gasteiger partial charge in [0.2, 0.25) is 0 Å². The van der Waals surface area contributed by atoms with Gasteiger partial charge in [-0.05, 0) is 31.0 Å². The Morgan fingerprint density at radius 3 is 2.29 bits per heavy atom. The van der Waals surface area contributed by atoms with Crippen LogP contribution in [0.5, 0.6) is 0 Å². The lowest BCUT2D eigenvalue weighted by molar-refractivity contribution is -0.217. The molecule has 1 aliphatic heterocycles. The van der Waals surface area contributed by atoms with Crippen molar-refractivity contribution in [2.24, 2.45) is 0 Å². The Kier molecular flexibility index (Phi) is 4.77. The Hall–Kier alpha value is 0.0569. The Morgan fingerprint density at radius 1 is 1.29 bits per heavy atom. The molecule has 1 aliphatic rings. The summed E-state index contributed by atoms with van der Waals surface area (Å²) in [6.45, 7) is 10.8. The van der Waals surface area contributed by atoms with Crippen LogP contribution in [0.15, 0.2) is 0 Å². The molecule has 102 valence electrons. The van der Waals surface area contributed by atoms with E-state index >= 15 is 0 Å². The lowest BCUT2D eigenvalue weighted by Crippen LogP contribution is -2.50. The molecule has 3 unspecified atom stereocenters. The zero-order valence-corrected chi connectivity index (χ0v) is 12.6. The molecule has 0 spiro atoms. The number of rotatable bonds is 3. The van der Waals surface area contributed by atoms with Crippen LogP contribution in [0.2, 0.25) is 18.1 Å². The summed E-state index contributed by atoms with van der Waals surface area (Å²) in [6.07, 6.45) is 0.0872. The van der Waals surface area contributed by atoms with Gasteiger partial charge in [0.05, 0.1) is 18.8 Å². The molecule has 0 radical (unpaired) electrons. The Morgan fingerprint density at radius 2 is 1.88 bits per heavy atom. The van der Waals surface area contributed by atoms with Crippen molar-refractivity contribution in [1.82, 2.24) is 0 Å². The van der Waals surface area contributed by atoms with Crippen LogP contribution in [-0.4, -0.2) is 43.6 Å². The smallest absolute Gasteiger partial charge is 0.192 e. The average molecular weight is 262 g/mol. The molecule has 0 aromatic carbocycles. The minimum atomic E-state index is -1.87. The fourth-order valence-corrected chi connectivity index (χ4v) is 3.00. The molecule has 0 aromatic heterocycles. The fraction of sp³-hybridized carbons (Fsp3) is 1.00. The largest absolute Gasteiger partial charge is 0.409 e. The zero-order chi connectivity index (χ0) is 13.3. The summed E-state index contributed by atoms with van der Waals surface area (Å²) in [7, 11) is -1.87. The van der Waals surface area contributed by atoms with Crippen molar-refractivity contribution >= 4 is 8.32 Å². The highest BCUT2D eigenvalue weighted by atomic mass is 28.4. The van der Waals surface area contributed by atoms with Gasteiger partial charge in [0.15, 0.2) is 14.6 Å². The minimum absolute atomic E-state index is 0.0378. The Balaban J connectivity index is 2.59. The minimum Gasteiger partial charge on any atom is -0.409 e. The number of hydrogen-bond donors (Lipinski definition) is 2. The monoisotopic (exact) mass is 262 g/mol. The number of aliphatic hydroxyl groups excluding tert-OH is 2. The van der Waals surface area contributed by atoms with Crippen molar-refractivity contribution < 1.29 is 19.4 Å². The fourth-order valence-electron chi connectivity index (χ4n) is 1.65. The van der Waals surface area contributed by atoms with Gasteiger partial charge in [0.25, 0.3) is 0 Å². The molecule has 1 fully saturated rings. The van der Waals surface area contributed by atoms with Crippen LogP contribution in [-0.2, 0) is 9.16 Å². The highest BCUT2D eigenvalue weighted by Crippen LogP contribution is 2.38.